The number of nitrogens with zero attached hydrogens (tertiary/aromatic N) is 4. The molecule has 1 unspecified atom stereocenters. The molecular weight excluding hydrogens is 414 g/mol. The van der Waals surface area contributed by atoms with E-state index in [9.17, 15) is 8.78 Å². The second kappa shape index (κ2) is 10.6. The maximum atomic E-state index is 14.2. The highest BCUT2D eigenvalue weighted by atomic mass is 19.1. The molecule has 0 saturated carbocycles. The average Bonchev–Trinajstić information content (AvgIpc) is 3.26. The van der Waals surface area contributed by atoms with Gasteiger partial charge in [-0.05, 0) is 31.5 Å². The number of aliphatic imine (C=N–C) groups is 1. The van der Waals surface area contributed by atoms with Crippen LogP contribution in [-0.2, 0) is 11.3 Å². The van der Waals surface area contributed by atoms with Crippen molar-refractivity contribution < 1.29 is 13.5 Å². The van der Waals surface area contributed by atoms with Gasteiger partial charge in [0.15, 0.2) is 5.96 Å². The molecule has 2 aliphatic rings. The summed E-state index contributed by atoms with van der Waals surface area (Å²) in [5.41, 5.74) is 1.50. The van der Waals surface area contributed by atoms with Crippen molar-refractivity contribution in [1.82, 2.24) is 15.6 Å². The number of aromatic nitrogens is 1. The third-order valence-electron chi connectivity index (χ3n) is 5.71. The first kappa shape index (κ1) is 22.3. The Bertz CT molecular complexity index is 934. The number of pyridine rings is 1. The van der Waals surface area contributed by atoms with Crippen LogP contribution < -0.4 is 20.4 Å². The number of nitrogens with one attached hydrogen (secondary N) is 2. The van der Waals surface area contributed by atoms with E-state index in [1.165, 1.54) is 12.1 Å². The van der Waals surface area contributed by atoms with Crippen LogP contribution in [0.4, 0.5) is 20.3 Å². The first-order chi connectivity index (χ1) is 15.6. The average molecular weight is 445 g/mol. The quantitative estimate of drug-likeness (QED) is 0.527. The summed E-state index contributed by atoms with van der Waals surface area (Å²) in [5.74, 6) is 0.580. The smallest absolute Gasteiger partial charge is 0.191 e. The molecule has 32 heavy (non-hydrogen) atoms. The van der Waals surface area contributed by atoms with Crippen LogP contribution in [0.2, 0.25) is 0 Å². The number of morpholine rings is 1. The zero-order valence-electron chi connectivity index (χ0n) is 18.4. The van der Waals surface area contributed by atoms with E-state index in [0.29, 0.717) is 38.5 Å². The van der Waals surface area contributed by atoms with Crippen LogP contribution in [0.15, 0.2) is 41.5 Å². The van der Waals surface area contributed by atoms with E-state index in [-0.39, 0.29) is 6.04 Å². The third-order valence-corrected chi connectivity index (χ3v) is 5.71. The van der Waals surface area contributed by atoms with Gasteiger partial charge in [-0.1, -0.05) is 6.07 Å². The second-order valence-electron chi connectivity index (χ2n) is 7.95. The first-order valence-corrected chi connectivity index (χ1v) is 11.2. The van der Waals surface area contributed by atoms with Crippen molar-refractivity contribution >= 4 is 17.5 Å². The lowest BCUT2D eigenvalue weighted by atomic mass is 10.2. The molecule has 0 spiro atoms. The highest BCUT2D eigenvalue weighted by Crippen LogP contribution is 2.24. The van der Waals surface area contributed by atoms with Gasteiger partial charge in [-0.3, -0.25) is 0 Å². The van der Waals surface area contributed by atoms with Crippen molar-refractivity contribution in [3.05, 3.63) is 53.7 Å². The van der Waals surface area contributed by atoms with Crippen LogP contribution in [0.3, 0.4) is 0 Å². The normalized spacial score (nSPS) is 19.3. The molecule has 0 amide bonds. The van der Waals surface area contributed by atoms with Gasteiger partial charge < -0.3 is 25.2 Å². The first-order valence-electron chi connectivity index (χ1n) is 11.2. The van der Waals surface area contributed by atoms with Gasteiger partial charge in [-0.25, -0.2) is 18.8 Å². The van der Waals surface area contributed by atoms with E-state index < -0.39 is 11.6 Å². The Hall–Kier alpha value is -2.94. The zero-order chi connectivity index (χ0) is 22.3. The van der Waals surface area contributed by atoms with E-state index in [0.717, 1.165) is 49.5 Å². The minimum atomic E-state index is -0.562. The number of hydrogen-bond donors (Lipinski definition) is 2. The molecular formula is C23H30F2N6O. The van der Waals surface area contributed by atoms with Gasteiger partial charge in [0.2, 0.25) is 0 Å². The van der Waals surface area contributed by atoms with Crippen molar-refractivity contribution in [2.45, 2.75) is 25.9 Å². The predicted molar refractivity (Wildman–Crippen MR) is 122 cm³/mol. The van der Waals surface area contributed by atoms with Gasteiger partial charge in [0, 0.05) is 56.6 Å². The van der Waals surface area contributed by atoms with E-state index in [1.807, 2.05) is 24.1 Å². The fraction of sp³-hybridized carbons (Fsp3) is 0.478. The number of guanidine groups is 1. The third kappa shape index (κ3) is 5.45. The molecule has 4 rings (SSSR count). The van der Waals surface area contributed by atoms with Crippen LogP contribution in [0, 0.1) is 11.6 Å². The molecule has 2 aliphatic heterocycles. The van der Waals surface area contributed by atoms with Gasteiger partial charge in [-0.15, -0.1) is 0 Å². The molecule has 1 aromatic heterocycles. The van der Waals surface area contributed by atoms with Gasteiger partial charge in [-0.2, -0.15) is 0 Å². The van der Waals surface area contributed by atoms with Gasteiger partial charge in [0.25, 0.3) is 0 Å². The number of halogens is 2. The van der Waals surface area contributed by atoms with Crippen molar-refractivity contribution in [3.8, 4) is 0 Å². The van der Waals surface area contributed by atoms with Crippen molar-refractivity contribution in [3.63, 3.8) is 0 Å². The summed E-state index contributed by atoms with van der Waals surface area (Å²) >= 11 is 0. The fourth-order valence-electron chi connectivity index (χ4n) is 4.13. The van der Waals surface area contributed by atoms with Crippen LogP contribution in [-0.4, -0.2) is 62.9 Å². The van der Waals surface area contributed by atoms with Gasteiger partial charge in [0.05, 0.1) is 25.4 Å². The zero-order valence-corrected chi connectivity index (χ0v) is 18.4. The predicted octanol–water partition coefficient (Wildman–Crippen LogP) is 2.53. The number of anilines is 2. The maximum absolute atomic E-state index is 14.2. The summed E-state index contributed by atoms with van der Waals surface area (Å²) in [4.78, 5) is 13.5. The molecule has 9 heteroatoms. The van der Waals surface area contributed by atoms with Crippen molar-refractivity contribution in [2.24, 2.45) is 4.99 Å². The van der Waals surface area contributed by atoms with Crippen molar-refractivity contribution in [1.29, 1.82) is 0 Å². The molecule has 2 N–H and O–H groups in total. The summed E-state index contributed by atoms with van der Waals surface area (Å²) in [5, 5.41) is 6.76. The van der Waals surface area contributed by atoms with E-state index >= 15 is 0 Å². The maximum Gasteiger partial charge on any atom is 0.191 e. The van der Waals surface area contributed by atoms with Gasteiger partial charge >= 0.3 is 0 Å². The highest BCUT2D eigenvalue weighted by Gasteiger charge is 2.25. The monoisotopic (exact) mass is 444 g/mol. The molecule has 1 aromatic carbocycles. The van der Waals surface area contributed by atoms with E-state index in [1.54, 1.807) is 0 Å². The second-order valence-corrected chi connectivity index (χ2v) is 7.95. The SMILES string of the molecule is CCNC(=NCc1cccnc1N1CCOCC1)NC1CCN(c2ccc(F)cc2F)C1. The lowest BCUT2D eigenvalue weighted by Gasteiger charge is -2.29. The summed E-state index contributed by atoms with van der Waals surface area (Å²) in [7, 11) is 0. The molecule has 0 aliphatic carbocycles. The summed E-state index contributed by atoms with van der Waals surface area (Å²) < 4.78 is 32.8. The molecule has 2 fully saturated rings. The van der Waals surface area contributed by atoms with E-state index in [4.69, 9.17) is 9.73 Å². The molecule has 0 radical (unpaired) electrons. The van der Waals surface area contributed by atoms with Crippen molar-refractivity contribution in [2.75, 3.05) is 55.7 Å². The summed E-state index contributed by atoms with van der Waals surface area (Å²) in [6.07, 6.45) is 2.65. The minimum Gasteiger partial charge on any atom is -0.378 e. The Morgan fingerprint density at radius 1 is 1.19 bits per heavy atom. The lowest BCUT2D eigenvalue weighted by molar-refractivity contribution is 0.122. The molecule has 2 aromatic rings. The Labute approximate surface area is 187 Å². The van der Waals surface area contributed by atoms with Gasteiger partial charge in [0.1, 0.15) is 17.5 Å². The van der Waals surface area contributed by atoms with Crippen LogP contribution in [0.1, 0.15) is 18.9 Å². The lowest BCUT2D eigenvalue weighted by Crippen LogP contribution is -2.44. The number of rotatable bonds is 6. The molecule has 0 bridgehead atoms. The summed E-state index contributed by atoms with van der Waals surface area (Å²) in [6, 6.07) is 7.83. The Balaban J connectivity index is 1.41. The molecule has 1 atom stereocenters. The fourth-order valence-corrected chi connectivity index (χ4v) is 4.13. The molecule has 2 saturated heterocycles. The largest absolute Gasteiger partial charge is 0.378 e. The standard InChI is InChI=1S/C23H30F2N6O/c1-2-26-23(28-15-17-4-3-8-27-22(17)30-10-12-32-13-11-30)29-19-7-9-31(16-19)21-6-5-18(24)14-20(21)25/h3-6,8,14,19H,2,7,9-13,15-16H2,1H3,(H2,26,28,29). The minimum absolute atomic E-state index is 0.116. The highest BCUT2D eigenvalue weighted by molar-refractivity contribution is 5.80. The van der Waals surface area contributed by atoms with Crippen LogP contribution >= 0.6 is 0 Å². The van der Waals surface area contributed by atoms with Crippen LogP contribution in [0.25, 0.3) is 0 Å². The van der Waals surface area contributed by atoms with E-state index in [2.05, 4.69) is 26.6 Å². The topological polar surface area (TPSA) is 65.0 Å². The molecule has 7 nitrogen and oxygen atoms in total. The number of ether oxygens (including phenoxy) is 1. The molecule has 172 valence electrons. The molecule has 3 heterocycles. The Kier molecular flexibility index (Phi) is 7.36. The number of hydrogen-bond acceptors (Lipinski definition) is 5. The Morgan fingerprint density at radius 3 is 2.81 bits per heavy atom. The number of benzene rings is 1. The van der Waals surface area contributed by atoms with Crippen LogP contribution in [0.5, 0.6) is 0 Å². The summed E-state index contributed by atoms with van der Waals surface area (Å²) in [6.45, 7) is 7.63. The Morgan fingerprint density at radius 2 is 2.03 bits per heavy atom.